The van der Waals surface area contributed by atoms with Gasteiger partial charge in [-0.3, -0.25) is 5.10 Å². The van der Waals surface area contributed by atoms with E-state index in [0.717, 1.165) is 34.9 Å². The van der Waals surface area contributed by atoms with Crippen LogP contribution in [-0.2, 0) is 6.42 Å². The molecule has 4 nitrogen and oxygen atoms in total. The van der Waals surface area contributed by atoms with Gasteiger partial charge in [-0.2, -0.15) is 5.10 Å². The summed E-state index contributed by atoms with van der Waals surface area (Å²) in [7, 11) is 0. The molecular weight excluding hydrogens is 188 g/mol. The molecule has 2 aromatic rings. The molecule has 0 aliphatic heterocycles. The third-order valence-corrected chi connectivity index (χ3v) is 2.37. The standard InChI is InChI=1S/C11H14N4/c1-3-10-13-11(15-14-10)9-6-8(12)5-4-7(9)2/h4-6H,3,12H2,1-2H3,(H,13,14,15). The third-order valence-electron chi connectivity index (χ3n) is 2.37. The summed E-state index contributed by atoms with van der Waals surface area (Å²) in [5.41, 5.74) is 8.60. The Bertz CT molecular complexity index is 473. The van der Waals surface area contributed by atoms with Gasteiger partial charge in [0.15, 0.2) is 5.82 Å². The highest BCUT2D eigenvalue weighted by Gasteiger charge is 2.07. The number of H-pyrrole nitrogens is 1. The van der Waals surface area contributed by atoms with Gasteiger partial charge < -0.3 is 5.73 Å². The molecule has 0 unspecified atom stereocenters. The van der Waals surface area contributed by atoms with Crippen LogP contribution in [0.2, 0.25) is 0 Å². The molecular formula is C11H14N4. The van der Waals surface area contributed by atoms with Gasteiger partial charge in [-0.15, -0.1) is 0 Å². The summed E-state index contributed by atoms with van der Waals surface area (Å²) in [5, 5.41) is 7.07. The largest absolute Gasteiger partial charge is 0.399 e. The average molecular weight is 202 g/mol. The molecule has 1 aromatic heterocycles. The van der Waals surface area contributed by atoms with Crippen LogP contribution in [0.1, 0.15) is 18.3 Å². The lowest BCUT2D eigenvalue weighted by atomic mass is 10.1. The maximum Gasteiger partial charge on any atom is 0.181 e. The fourth-order valence-corrected chi connectivity index (χ4v) is 1.45. The average Bonchev–Trinajstić information content (AvgIpc) is 2.70. The summed E-state index contributed by atoms with van der Waals surface area (Å²) in [4.78, 5) is 4.38. The summed E-state index contributed by atoms with van der Waals surface area (Å²) in [5.74, 6) is 1.61. The minimum absolute atomic E-state index is 0.719. The number of aromatic amines is 1. The zero-order valence-electron chi connectivity index (χ0n) is 8.91. The number of nitrogens with two attached hydrogens (primary N) is 1. The zero-order valence-corrected chi connectivity index (χ0v) is 8.91. The number of rotatable bonds is 2. The van der Waals surface area contributed by atoms with Gasteiger partial charge in [-0.05, 0) is 24.6 Å². The third kappa shape index (κ3) is 1.83. The fourth-order valence-electron chi connectivity index (χ4n) is 1.45. The van der Waals surface area contributed by atoms with E-state index < -0.39 is 0 Å². The number of nitrogen functional groups attached to an aromatic ring is 1. The maximum absolute atomic E-state index is 5.74. The summed E-state index contributed by atoms with van der Waals surface area (Å²) < 4.78 is 0. The van der Waals surface area contributed by atoms with Crippen LogP contribution in [0, 0.1) is 6.92 Å². The van der Waals surface area contributed by atoms with E-state index in [1.807, 2.05) is 32.0 Å². The number of hydrogen-bond acceptors (Lipinski definition) is 3. The van der Waals surface area contributed by atoms with Crippen molar-refractivity contribution < 1.29 is 0 Å². The number of nitrogens with one attached hydrogen (secondary N) is 1. The zero-order chi connectivity index (χ0) is 10.8. The first kappa shape index (κ1) is 9.71. The Labute approximate surface area is 88.5 Å². The first-order valence-corrected chi connectivity index (χ1v) is 4.98. The lowest BCUT2D eigenvalue weighted by Gasteiger charge is -2.01. The molecule has 2 rings (SSSR count). The van der Waals surface area contributed by atoms with Crippen LogP contribution in [0.5, 0.6) is 0 Å². The molecule has 15 heavy (non-hydrogen) atoms. The lowest BCUT2D eigenvalue weighted by molar-refractivity contribution is 0.946. The molecule has 1 heterocycles. The van der Waals surface area contributed by atoms with Crippen LogP contribution >= 0.6 is 0 Å². The Kier molecular flexibility index (Phi) is 2.41. The summed E-state index contributed by atoms with van der Waals surface area (Å²) in [6.45, 7) is 4.06. The number of hydrogen-bond donors (Lipinski definition) is 2. The smallest absolute Gasteiger partial charge is 0.181 e. The van der Waals surface area contributed by atoms with E-state index in [4.69, 9.17) is 5.73 Å². The molecule has 0 bridgehead atoms. The highest BCUT2D eigenvalue weighted by molar-refractivity contribution is 5.64. The number of aryl methyl sites for hydroxylation is 2. The predicted octanol–water partition coefficient (Wildman–Crippen LogP) is 1.92. The lowest BCUT2D eigenvalue weighted by Crippen LogP contribution is -1.90. The van der Waals surface area contributed by atoms with Crippen LogP contribution in [0.4, 0.5) is 5.69 Å². The molecule has 0 aliphatic carbocycles. The topological polar surface area (TPSA) is 67.6 Å². The van der Waals surface area contributed by atoms with Gasteiger partial charge in [0, 0.05) is 17.7 Å². The fraction of sp³-hybridized carbons (Fsp3) is 0.273. The van der Waals surface area contributed by atoms with Crippen molar-refractivity contribution in [1.29, 1.82) is 0 Å². The SMILES string of the molecule is CCc1nc(-c2cc(N)ccc2C)n[nH]1. The number of nitrogens with zero attached hydrogens (tertiary/aromatic N) is 2. The molecule has 78 valence electrons. The Morgan fingerprint density at radius 3 is 2.87 bits per heavy atom. The molecule has 0 fully saturated rings. The van der Waals surface area contributed by atoms with Crippen LogP contribution in [0.25, 0.3) is 11.4 Å². The summed E-state index contributed by atoms with van der Waals surface area (Å²) >= 11 is 0. The number of aromatic nitrogens is 3. The second-order valence-corrected chi connectivity index (χ2v) is 3.53. The van der Waals surface area contributed by atoms with Crippen molar-refractivity contribution in [2.45, 2.75) is 20.3 Å². The van der Waals surface area contributed by atoms with Crippen LogP contribution in [0.3, 0.4) is 0 Å². The monoisotopic (exact) mass is 202 g/mol. The summed E-state index contributed by atoms with van der Waals surface area (Å²) in [6.07, 6.45) is 0.856. The van der Waals surface area contributed by atoms with E-state index in [9.17, 15) is 0 Å². The Morgan fingerprint density at radius 2 is 2.20 bits per heavy atom. The van der Waals surface area contributed by atoms with Gasteiger partial charge in [-0.25, -0.2) is 4.98 Å². The minimum Gasteiger partial charge on any atom is -0.399 e. The number of benzene rings is 1. The Morgan fingerprint density at radius 1 is 1.40 bits per heavy atom. The van der Waals surface area contributed by atoms with E-state index in [-0.39, 0.29) is 0 Å². The molecule has 4 heteroatoms. The molecule has 1 aromatic carbocycles. The van der Waals surface area contributed by atoms with Crippen molar-refractivity contribution in [1.82, 2.24) is 15.2 Å². The maximum atomic E-state index is 5.74. The van der Waals surface area contributed by atoms with Crippen molar-refractivity contribution in [2.75, 3.05) is 5.73 Å². The van der Waals surface area contributed by atoms with Crippen molar-refractivity contribution in [3.8, 4) is 11.4 Å². The van der Waals surface area contributed by atoms with Gasteiger partial charge in [0.25, 0.3) is 0 Å². The highest BCUT2D eigenvalue weighted by atomic mass is 15.2. The van der Waals surface area contributed by atoms with Gasteiger partial charge in [0.1, 0.15) is 5.82 Å². The Balaban J connectivity index is 2.48. The first-order valence-electron chi connectivity index (χ1n) is 4.98. The summed E-state index contributed by atoms with van der Waals surface area (Å²) in [6, 6.07) is 5.76. The van der Waals surface area contributed by atoms with E-state index >= 15 is 0 Å². The second-order valence-electron chi connectivity index (χ2n) is 3.53. The molecule has 0 saturated carbocycles. The minimum atomic E-state index is 0.719. The molecule has 3 N–H and O–H groups in total. The van der Waals surface area contributed by atoms with E-state index in [0.29, 0.717) is 0 Å². The molecule has 0 radical (unpaired) electrons. The van der Waals surface area contributed by atoms with Gasteiger partial charge in [-0.1, -0.05) is 13.0 Å². The van der Waals surface area contributed by atoms with E-state index in [2.05, 4.69) is 15.2 Å². The van der Waals surface area contributed by atoms with E-state index in [1.54, 1.807) is 0 Å². The molecule has 0 amide bonds. The van der Waals surface area contributed by atoms with Crippen molar-refractivity contribution in [3.63, 3.8) is 0 Å². The molecule has 0 aliphatic rings. The van der Waals surface area contributed by atoms with Crippen LogP contribution < -0.4 is 5.73 Å². The van der Waals surface area contributed by atoms with Crippen molar-refractivity contribution in [2.24, 2.45) is 0 Å². The second kappa shape index (κ2) is 3.73. The quantitative estimate of drug-likeness (QED) is 0.731. The van der Waals surface area contributed by atoms with Crippen molar-refractivity contribution in [3.05, 3.63) is 29.6 Å². The van der Waals surface area contributed by atoms with Gasteiger partial charge >= 0.3 is 0 Å². The van der Waals surface area contributed by atoms with Gasteiger partial charge in [0.2, 0.25) is 0 Å². The molecule has 0 saturated heterocycles. The van der Waals surface area contributed by atoms with Gasteiger partial charge in [0.05, 0.1) is 0 Å². The molecule has 0 spiro atoms. The van der Waals surface area contributed by atoms with Crippen LogP contribution in [0.15, 0.2) is 18.2 Å². The van der Waals surface area contributed by atoms with Crippen LogP contribution in [-0.4, -0.2) is 15.2 Å². The number of anilines is 1. The van der Waals surface area contributed by atoms with E-state index in [1.165, 1.54) is 0 Å². The first-order chi connectivity index (χ1) is 7.20. The highest BCUT2D eigenvalue weighted by Crippen LogP contribution is 2.22. The normalized spacial score (nSPS) is 10.5. The predicted molar refractivity (Wildman–Crippen MR) is 60.3 cm³/mol. The molecule has 0 atom stereocenters. The van der Waals surface area contributed by atoms with Crippen molar-refractivity contribution >= 4 is 5.69 Å². The Hall–Kier alpha value is -1.84.